The number of carbonyl (C=O) groups excluding carboxylic acids is 1. The molecular weight excluding hydrogens is 362 g/mol. The molecule has 27 heavy (non-hydrogen) atoms. The lowest BCUT2D eigenvalue weighted by Crippen LogP contribution is -3.12. The molecule has 2 aromatic rings. The predicted molar refractivity (Wildman–Crippen MR) is 103 cm³/mol. The molecule has 0 bridgehead atoms. The third-order valence-corrected chi connectivity index (χ3v) is 6.02. The number of morpholine rings is 1. The van der Waals surface area contributed by atoms with Crippen LogP contribution in [0.25, 0.3) is 5.69 Å². The third kappa shape index (κ3) is 4.51. The summed E-state index contributed by atoms with van der Waals surface area (Å²) in [6.45, 7) is 6.13. The minimum atomic E-state index is 0.195. The van der Waals surface area contributed by atoms with Crippen LogP contribution in [0.1, 0.15) is 18.7 Å². The van der Waals surface area contributed by atoms with E-state index in [9.17, 15) is 4.79 Å². The first-order valence-electron chi connectivity index (χ1n) is 9.63. The zero-order chi connectivity index (χ0) is 18.5. The van der Waals surface area contributed by atoms with Gasteiger partial charge in [0.1, 0.15) is 19.6 Å². The molecule has 0 spiro atoms. The van der Waals surface area contributed by atoms with Crippen LogP contribution in [0.2, 0.25) is 0 Å². The highest BCUT2D eigenvalue weighted by Gasteiger charge is 2.23. The molecule has 1 amide bonds. The number of nitrogens with zero attached hydrogens (tertiary/aromatic N) is 4. The van der Waals surface area contributed by atoms with E-state index in [1.807, 2.05) is 23.1 Å². The van der Waals surface area contributed by atoms with E-state index in [0.29, 0.717) is 5.75 Å². The highest BCUT2D eigenvalue weighted by molar-refractivity contribution is 7.99. The molecule has 2 aliphatic rings. The molecule has 0 radical (unpaired) electrons. The van der Waals surface area contributed by atoms with Gasteiger partial charge in [0.25, 0.3) is 0 Å². The summed E-state index contributed by atoms with van der Waals surface area (Å²) < 4.78 is 7.56. The summed E-state index contributed by atoms with van der Waals surface area (Å²) >= 11 is 1.48. The Morgan fingerprint density at radius 1 is 1.11 bits per heavy atom. The topological polar surface area (TPSA) is 64.7 Å². The quantitative estimate of drug-likeness (QED) is 0.726. The summed E-state index contributed by atoms with van der Waals surface area (Å²) in [4.78, 5) is 15.8. The minimum Gasteiger partial charge on any atom is -0.370 e. The van der Waals surface area contributed by atoms with Gasteiger partial charge in [-0.2, -0.15) is 0 Å². The average molecular weight is 389 g/mol. The van der Waals surface area contributed by atoms with Crippen molar-refractivity contribution in [1.29, 1.82) is 0 Å². The van der Waals surface area contributed by atoms with Crippen LogP contribution in [0, 0.1) is 0 Å². The Kier molecular flexibility index (Phi) is 6.06. The number of aromatic nitrogens is 3. The Bertz CT molecular complexity index is 755. The second-order valence-electron chi connectivity index (χ2n) is 6.99. The van der Waals surface area contributed by atoms with E-state index in [1.165, 1.54) is 16.7 Å². The van der Waals surface area contributed by atoms with Crippen molar-refractivity contribution in [3.05, 3.63) is 36.2 Å². The number of rotatable bonds is 6. The molecule has 1 aromatic heterocycles. The Balaban J connectivity index is 1.52. The minimum absolute atomic E-state index is 0.195. The molecule has 2 saturated heterocycles. The van der Waals surface area contributed by atoms with Gasteiger partial charge in [-0.25, -0.2) is 0 Å². The third-order valence-electron chi connectivity index (χ3n) is 5.11. The summed E-state index contributed by atoms with van der Waals surface area (Å²) in [7, 11) is 0. The van der Waals surface area contributed by atoms with Gasteiger partial charge in [-0.05, 0) is 25.0 Å². The molecule has 2 aliphatic heterocycles. The first-order chi connectivity index (χ1) is 13.3. The van der Waals surface area contributed by atoms with Gasteiger partial charge < -0.3 is 14.5 Å². The van der Waals surface area contributed by atoms with E-state index >= 15 is 0 Å². The fourth-order valence-electron chi connectivity index (χ4n) is 3.59. The van der Waals surface area contributed by atoms with Crippen molar-refractivity contribution < 1.29 is 14.4 Å². The van der Waals surface area contributed by atoms with Crippen molar-refractivity contribution in [3.63, 3.8) is 0 Å². The fourth-order valence-corrected chi connectivity index (χ4v) is 4.46. The zero-order valence-corrected chi connectivity index (χ0v) is 16.3. The van der Waals surface area contributed by atoms with Gasteiger partial charge in [0.15, 0.2) is 11.0 Å². The Morgan fingerprint density at radius 3 is 2.59 bits per heavy atom. The van der Waals surface area contributed by atoms with Gasteiger partial charge >= 0.3 is 0 Å². The first kappa shape index (κ1) is 18.5. The SMILES string of the molecule is O=C(CSc1nnc(C[NH+]2CCOCC2)n1-c1ccccc1)N1CCCC1. The molecule has 3 heterocycles. The lowest BCUT2D eigenvalue weighted by molar-refractivity contribution is -0.922. The van der Waals surface area contributed by atoms with E-state index < -0.39 is 0 Å². The second kappa shape index (κ2) is 8.86. The van der Waals surface area contributed by atoms with Crippen molar-refractivity contribution in [1.82, 2.24) is 19.7 Å². The van der Waals surface area contributed by atoms with E-state index in [0.717, 1.165) is 75.4 Å². The number of para-hydroxylation sites is 1. The Hall–Kier alpha value is -1.90. The lowest BCUT2D eigenvalue weighted by atomic mass is 10.3. The van der Waals surface area contributed by atoms with E-state index in [4.69, 9.17) is 4.74 Å². The van der Waals surface area contributed by atoms with Crippen molar-refractivity contribution in [2.24, 2.45) is 0 Å². The van der Waals surface area contributed by atoms with Crippen LogP contribution in [0.5, 0.6) is 0 Å². The highest BCUT2D eigenvalue weighted by atomic mass is 32.2. The predicted octanol–water partition coefficient (Wildman–Crippen LogP) is 0.397. The number of amides is 1. The van der Waals surface area contributed by atoms with Crippen LogP contribution < -0.4 is 4.90 Å². The summed E-state index contributed by atoms with van der Waals surface area (Å²) in [5.74, 6) is 1.55. The molecule has 0 atom stereocenters. The smallest absolute Gasteiger partial charge is 0.233 e. The van der Waals surface area contributed by atoms with Crippen LogP contribution in [0.3, 0.4) is 0 Å². The summed E-state index contributed by atoms with van der Waals surface area (Å²) in [5.41, 5.74) is 1.04. The first-order valence-corrected chi connectivity index (χ1v) is 10.6. The van der Waals surface area contributed by atoms with Gasteiger partial charge in [-0.1, -0.05) is 30.0 Å². The number of thioether (sulfide) groups is 1. The van der Waals surface area contributed by atoms with Crippen LogP contribution >= 0.6 is 11.8 Å². The normalized spacial score (nSPS) is 18.1. The fraction of sp³-hybridized carbons (Fsp3) is 0.526. The number of hydrogen-bond acceptors (Lipinski definition) is 5. The van der Waals surface area contributed by atoms with Crippen molar-refractivity contribution in [3.8, 4) is 5.69 Å². The largest absolute Gasteiger partial charge is 0.370 e. The molecule has 0 aliphatic carbocycles. The number of carbonyl (C=O) groups is 1. The monoisotopic (exact) mass is 388 g/mol. The lowest BCUT2D eigenvalue weighted by Gasteiger charge is -2.23. The van der Waals surface area contributed by atoms with E-state index in [-0.39, 0.29) is 5.91 Å². The molecular formula is C19H26N5O2S+. The molecule has 2 fully saturated rings. The maximum atomic E-state index is 12.4. The Labute approximate surface area is 163 Å². The molecule has 1 N–H and O–H groups in total. The zero-order valence-electron chi connectivity index (χ0n) is 15.5. The number of benzene rings is 1. The van der Waals surface area contributed by atoms with Crippen LogP contribution in [-0.2, 0) is 16.1 Å². The van der Waals surface area contributed by atoms with Gasteiger partial charge in [0, 0.05) is 18.8 Å². The maximum absolute atomic E-state index is 12.4. The van der Waals surface area contributed by atoms with Crippen LogP contribution in [0.4, 0.5) is 0 Å². The standard InChI is InChI=1S/C19H25N5O2S/c25-18(23-8-4-5-9-23)15-27-19-21-20-17(14-22-10-12-26-13-11-22)24(19)16-6-2-1-3-7-16/h1-3,6-7H,4-5,8-15H2/p+1. The van der Waals surface area contributed by atoms with Gasteiger partial charge in [0.05, 0.1) is 19.0 Å². The second-order valence-corrected chi connectivity index (χ2v) is 7.93. The summed E-state index contributed by atoms with van der Waals surface area (Å²) in [6.07, 6.45) is 2.23. The number of hydrogen-bond donors (Lipinski definition) is 1. The average Bonchev–Trinajstić information content (AvgIpc) is 3.38. The van der Waals surface area contributed by atoms with Crippen LogP contribution in [-0.4, -0.2) is 70.7 Å². The number of ether oxygens (including phenoxy) is 1. The molecule has 0 unspecified atom stereocenters. The number of likely N-dealkylation sites (tertiary alicyclic amines) is 1. The van der Waals surface area contributed by atoms with E-state index in [2.05, 4.69) is 26.9 Å². The molecule has 4 rings (SSSR count). The number of quaternary nitrogens is 1. The molecule has 8 heteroatoms. The number of nitrogens with one attached hydrogen (secondary N) is 1. The summed E-state index contributed by atoms with van der Waals surface area (Å²) in [5, 5.41) is 9.67. The van der Waals surface area contributed by atoms with Gasteiger partial charge in [0.2, 0.25) is 5.91 Å². The maximum Gasteiger partial charge on any atom is 0.233 e. The molecule has 1 aromatic carbocycles. The van der Waals surface area contributed by atoms with E-state index in [1.54, 1.807) is 0 Å². The van der Waals surface area contributed by atoms with Gasteiger partial charge in [-0.15, -0.1) is 10.2 Å². The van der Waals surface area contributed by atoms with Crippen molar-refractivity contribution >= 4 is 17.7 Å². The van der Waals surface area contributed by atoms with Gasteiger partial charge in [-0.3, -0.25) is 9.36 Å². The highest BCUT2D eigenvalue weighted by Crippen LogP contribution is 2.23. The summed E-state index contributed by atoms with van der Waals surface area (Å²) in [6, 6.07) is 10.2. The van der Waals surface area contributed by atoms with Crippen molar-refractivity contribution in [2.75, 3.05) is 45.1 Å². The Morgan fingerprint density at radius 2 is 1.85 bits per heavy atom. The van der Waals surface area contributed by atoms with Crippen molar-refractivity contribution in [2.45, 2.75) is 24.5 Å². The molecule has 7 nitrogen and oxygen atoms in total. The molecule has 144 valence electrons. The molecule has 0 saturated carbocycles. The van der Waals surface area contributed by atoms with Crippen LogP contribution in [0.15, 0.2) is 35.5 Å².